The van der Waals surface area contributed by atoms with Gasteiger partial charge in [-0.25, -0.2) is 0 Å². The quantitative estimate of drug-likeness (QED) is 0.818. The number of hydrogen-bond acceptors (Lipinski definition) is 3. The monoisotopic (exact) mass is 264 g/mol. The number of phenolic OH excluding ortho intramolecular Hbond substituents is 1. The molecule has 4 nitrogen and oxygen atoms in total. The summed E-state index contributed by atoms with van der Waals surface area (Å²) >= 11 is 0. The number of phenols is 1. The molecular weight excluding hydrogens is 252 g/mol. The largest absolute Gasteiger partial charge is 0.507 e. The highest BCUT2D eigenvalue weighted by atomic mass is 32.2. The smallest absolute Gasteiger partial charge is 0.295 e. The molecule has 0 aliphatic heterocycles. The third-order valence-corrected chi connectivity index (χ3v) is 3.60. The molecule has 0 radical (unpaired) electrons. The highest BCUT2D eigenvalue weighted by Gasteiger charge is 2.18. The first kappa shape index (κ1) is 12.6. The first-order valence-corrected chi connectivity index (χ1v) is 6.71. The van der Waals surface area contributed by atoms with E-state index < -0.39 is 10.1 Å². The first-order valence-electron chi connectivity index (χ1n) is 5.27. The Bertz CT molecular complexity index is 690. The molecule has 0 aliphatic carbocycles. The van der Waals surface area contributed by atoms with Crippen LogP contribution in [0.3, 0.4) is 0 Å². The average molecular weight is 264 g/mol. The topological polar surface area (TPSA) is 74.6 Å². The lowest BCUT2D eigenvalue weighted by molar-refractivity contribution is 0.472. The second kappa shape index (κ2) is 4.44. The zero-order valence-electron chi connectivity index (χ0n) is 9.66. The fraction of sp³-hybridized carbons (Fsp3) is 0.0769. The van der Waals surface area contributed by atoms with Crippen LogP contribution >= 0.6 is 0 Å². The molecule has 0 amide bonds. The molecule has 0 fully saturated rings. The van der Waals surface area contributed by atoms with Gasteiger partial charge in [-0.2, -0.15) is 8.42 Å². The van der Waals surface area contributed by atoms with Crippen LogP contribution in [0.5, 0.6) is 5.75 Å². The molecule has 5 heteroatoms. The maximum Gasteiger partial charge on any atom is 0.295 e. The summed E-state index contributed by atoms with van der Waals surface area (Å²) in [6.45, 7) is 1.72. The lowest BCUT2D eigenvalue weighted by Crippen LogP contribution is -2.00. The second-order valence-electron chi connectivity index (χ2n) is 3.94. The van der Waals surface area contributed by atoms with Crippen molar-refractivity contribution in [3.63, 3.8) is 0 Å². The minimum absolute atomic E-state index is 0.00796. The van der Waals surface area contributed by atoms with Crippen LogP contribution in [0.25, 0.3) is 11.1 Å². The van der Waals surface area contributed by atoms with E-state index >= 15 is 0 Å². The van der Waals surface area contributed by atoms with E-state index in [-0.39, 0.29) is 16.2 Å². The summed E-state index contributed by atoms with van der Waals surface area (Å²) in [4.78, 5) is -0.217. The predicted octanol–water partition coefficient (Wildman–Crippen LogP) is 2.61. The summed E-state index contributed by atoms with van der Waals surface area (Å²) in [5, 5.41) is 9.96. The van der Waals surface area contributed by atoms with Gasteiger partial charge in [-0.15, -0.1) is 0 Å². The summed E-state index contributed by atoms with van der Waals surface area (Å²) in [5.41, 5.74) is 1.29. The summed E-state index contributed by atoms with van der Waals surface area (Å²) < 4.78 is 31.8. The molecule has 0 saturated heterocycles. The Balaban J connectivity index is 2.77. The molecule has 2 aromatic carbocycles. The molecule has 2 aromatic rings. The van der Waals surface area contributed by atoms with E-state index in [0.29, 0.717) is 11.1 Å². The molecule has 18 heavy (non-hydrogen) atoms. The average Bonchev–Trinajstić information content (AvgIpc) is 2.32. The van der Waals surface area contributed by atoms with E-state index in [1.165, 1.54) is 18.2 Å². The van der Waals surface area contributed by atoms with Crippen molar-refractivity contribution in [2.24, 2.45) is 0 Å². The normalized spacial score (nSPS) is 11.4. The van der Waals surface area contributed by atoms with Gasteiger partial charge in [-0.1, -0.05) is 36.4 Å². The van der Waals surface area contributed by atoms with Crippen LogP contribution in [0.2, 0.25) is 0 Å². The summed E-state index contributed by atoms with van der Waals surface area (Å²) in [6.07, 6.45) is 0. The van der Waals surface area contributed by atoms with Crippen LogP contribution in [0.15, 0.2) is 47.4 Å². The lowest BCUT2D eigenvalue weighted by atomic mass is 10.0. The first-order chi connectivity index (χ1) is 8.41. The van der Waals surface area contributed by atoms with E-state index in [4.69, 9.17) is 0 Å². The summed E-state index contributed by atoms with van der Waals surface area (Å²) in [7, 11) is -4.32. The molecule has 0 aliphatic rings. The van der Waals surface area contributed by atoms with Crippen molar-refractivity contribution in [3.8, 4) is 16.9 Å². The van der Waals surface area contributed by atoms with Gasteiger partial charge in [0.05, 0.1) is 0 Å². The van der Waals surface area contributed by atoms with Crippen molar-refractivity contribution in [2.45, 2.75) is 11.8 Å². The van der Waals surface area contributed by atoms with Crippen LogP contribution in [0.4, 0.5) is 0 Å². The van der Waals surface area contributed by atoms with Crippen molar-refractivity contribution < 1.29 is 18.1 Å². The lowest BCUT2D eigenvalue weighted by Gasteiger charge is -2.10. The van der Waals surface area contributed by atoms with E-state index in [9.17, 15) is 18.1 Å². The minimum Gasteiger partial charge on any atom is -0.507 e. The second-order valence-corrected chi connectivity index (χ2v) is 5.33. The third-order valence-electron chi connectivity index (χ3n) is 2.69. The molecular formula is C13H12O4S. The van der Waals surface area contributed by atoms with Gasteiger partial charge >= 0.3 is 0 Å². The van der Waals surface area contributed by atoms with Crippen molar-refractivity contribution in [1.82, 2.24) is 0 Å². The Kier molecular flexibility index (Phi) is 3.11. The van der Waals surface area contributed by atoms with E-state index in [0.717, 1.165) is 0 Å². The van der Waals surface area contributed by atoms with Gasteiger partial charge in [0.15, 0.2) is 0 Å². The van der Waals surface area contributed by atoms with Gasteiger partial charge in [0.2, 0.25) is 0 Å². The number of aryl methyl sites for hydroxylation is 1. The minimum atomic E-state index is -4.32. The zero-order chi connectivity index (χ0) is 13.3. The van der Waals surface area contributed by atoms with E-state index in [1.54, 1.807) is 31.2 Å². The van der Waals surface area contributed by atoms with Crippen molar-refractivity contribution in [3.05, 3.63) is 48.0 Å². The van der Waals surface area contributed by atoms with Gasteiger partial charge in [-0.3, -0.25) is 4.55 Å². The number of aromatic hydroxyl groups is 1. The van der Waals surface area contributed by atoms with E-state index in [2.05, 4.69) is 0 Å². The SMILES string of the molecule is Cc1cccc(-c2ccccc2S(=O)(=O)O)c1O. The Morgan fingerprint density at radius 2 is 1.56 bits per heavy atom. The van der Waals surface area contributed by atoms with Crippen LogP contribution in [0, 0.1) is 6.92 Å². The number of rotatable bonds is 2. The predicted molar refractivity (Wildman–Crippen MR) is 68.1 cm³/mol. The maximum absolute atomic E-state index is 11.3. The number of para-hydroxylation sites is 1. The molecule has 0 aromatic heterocycles. The van der Waals surface area contributed by atoms with Gasteiger partial charge in [0, 0.05) is 11.1 Å². The van der Waals surface area contributed by atoms with Crippen LogP contribution in [-0.2, 0) is 10.1 Å². The Labute approximate surface area is 105 Å². The third kappa shape index (κ3) is 2.23. The fourth-order valence-corrected chi connectivity index (χ4v) is 2.50. The van der Waals surface area contributed by atoms with Crippen LogP contribution in [-0.4, -0.2) is 18.1 Å². The summed E-state index contributed by atoms with van der Waals surface area (Å²) in [6, 6.07) is 11.0. The van der Waals surface area contributed by atoms with E-state index in [1.807, 2.05) is 0 Å². The highest BCUT2D eigenvalue weighted by Crippen LogP contribution is 2.35. The Hall–Kier alpha value is -1.85. The van der Waals surface area contributed by atoms with Crippen molar-refractivity contribution in [1.29, 1.82) is 0 Å². The fourth-order valence-electron chi connectivity index (χ4n) is 1.79. The van der Waals surface area contributed by atoms with Gasteiger partial charge in [0.25, 0.3) is 10.1 Å². The highest BCUT2D eigenvalue weighted by molar-refractivity contribution is 7.86. The summed E-state index contributed by atoms with van der Waals surface area (Å²) in [5.74, 6) is 0.00796. The molecule has 2 N–H and O–H groups in total. The van der Waals surface area contributed by atoms with Crippen LogP contribution < -0.4 is 0 Å². The molecule has 0 saturated carbocycles. The molecule has 0 heterocycles. The van der Waals surface area contributed by atoms with Crippen molar-refractivity contribution >= 4 is 10.1 Å². The Morgan fingerprint density at radius 1 is 0.944 bits per heavy atom. The Morgan fingerprint density at radius 3 is 2.22 bits per heavy atom. The maximum atomic E-state index is 11.3. The zero-order valence-corrected chi connectivity index (χ0v) is 10.5. The number of benzene rings is 2. The van der Waals surface area contributed by atoms with Crippen LogP contribution in [0.1, 0.15) is 5.56 Å². The van der Waals surface area contributed by atoms with Gasteiger partial charge in [0.1, 0.15) is 10.6 Å². The molecule has 0 unspecified atom stereocenters. The standard InChI is InChI=1S/C13H12O4S/c1-9-5-4-7-11(13(9)14)10-6-2-3-8-12(10)18(15,16)17/h2-8,14H,1H3,(H,15,16,17). The van der Waals surface area contributed by atoms with Gasteiger partial charge in [-0.05, 0) is 18.6 Å². The molecule has 94 valence electrons. The molecule has 0 bridgehead atoms. The van der Waals surface area contributed by atoms with Gasteiger partial charge < -0.3 is 5.11 Å². The van der Waals surface area contributed by atoms with Crippen molar-refractivity contribution in [2.75, 3.05) is 0 Å². The molecule has 0 atom stereocenters. The molecule has 2 rings (SSSR count). The number of hydrogen-bond donors (Lipinski definition) is 2. The molecule has 0 spiro atoms.